The Morgan fingerprint density at radius 3 is 2.77 bits per heavy atom. The Hall–Kier alpha value is -2.42. The van der Waals surface area contributed by atoms with Gasteiger partial charge in [0, 0.05) is 17.8 Å². The van der Waals surface area contributed by atoms with Crippen molar-refractivity contribution in [2.24, 2.45) is 11.8 Å². The largest absolute Gasteiger partial charge is 0.434 e. The van der Waals surface area contributed by atoms with E-state index >= 15 is 0 Å². The van der Waals surface area contributed by atoms with Gasteiger partial charge in [-0.2, -0.15) is 13.9 Å². The molecular formula is C20H26ClF2N4O3+. The molecule has 1 saturated carbocycles. The number of nitrogens with one attached hydrogen (secondary N) is 1. The van der Waals surface area contributed by atoms with E-state index < -0.39 is 12.5 Å². The second kappa shape index (κ2) is 9.59. The zero-order valence-electron chi connectivity index (χ0n) is 16.9. The fourth-order valence-corrected chi connectivity index (χ4v) is 4.10. The third kappa shape index (κ3) is 5.00. The van der Waals surface area contributed by atoms with Crippen LogP contribution in [0.3, 0.4) is 0 Å². The van der Waals surface area contributed by atoms with Gasteiger partial charge in [-0.3, -0.25) is 14.7 Å². The highest BCUT2D eigenvalue weighted by atomic mass is 35.5. The number of carbonyl (C=O) groups excluding carboxylic acids is 1. The predicted molar refractivity (Wildman–Crippen MR) is 106 cm³/mol. The standard InChI is InChI=1S/C20H25ClF2N4O3/c1-3-27-18(14-11-26(29)9-8-15(14)30-20(22)23)16(21)17(25-27)19(28)24-10-13-6-4-12(2)5-7-13/h8-9,11-13,20H,3-7,10H2,1-2H3,(H-,24,28,29)/p+1. The minimum Gasteiger partial charge on any atom is -0.434 e. The molecule has 1 aliphatic carbocycles. The fraction of sp³-hybridized carbons (Fsp3) is 0.550. The summed E-state index contributed by atoms with van der Waals surface area (Å²) in [6, 6.07) is 1.19. The number of nitrogens with zero attached hydrogens (tertiary/aromatic N) is 3. The first-order valence-electron chi connectivity index (χ1n) is 10.0. The Labute approximate surface area is 178 Å². The first-order chi connectivity index (χ1) is 14.3. The maximum Gasteiger partial charge on any atom is 0.387 e. The number of hydrogen-bond donors (Lipinski definition) is 2. The average Bonchev–Trinajstić information content (AvgIpc) is 3.04. The summed E-state index contributed by atoms with van der Waals surface area (Å²) in [6.07, 6.45) is 6.77. The molecule has 0 spiro atoms. The summed E-state index contributed by atoms with van der Waals surface area (Å²) in [7, 11) is 0. The number of rotatable bonds is 7. The SMILES string of the molecule is CCn1nc(C(=O)NCC2CCC(C)CC2)c(Cl)c1-c1c[n+](O)ccc1OC(F)F. The quantitative estimate of drug-likeness (QED) is 0.502. The molecule has 30 heavy (non-hydrogen) atoms. The van der Waals surface area contributed by atoms with Gasteiger partial charge in [-0.25, -0.2) is 0 Å². The summed E-state index contributed by atoms with van der Waals surface area (Å²) in [6.45, 7) is 1.83. The lowest BCUT2D eigenvalue weighted by molar-refractivity contribution is -0.904. The van der Waals surface area contributed by atoms with Gasteiger partial charge in [-0.1, -0.05) is 31.4 Å². The predicted octanol–water partition coefficient (Wildman–Crippen LogP) is 3.91. The minimum atomic E-state index is -3.06. The zero-order valence-corrected chi connectivity index (χ0v) is 17.7. The number of aryl methyl sites for hydroxylation is 1. The minimum absolute atomic E-state index is 0.00836. The van der Waals surface area contributed by atoms with Crippen molar-refractivity contribution in [3.05, 3.63) is 29.2 Å². The first-order valence-corrected chi connectivity index (χ1v) is 10.4. The van der Waals surface area contributed by atoms with E-state index in [4.69, 9.17) is 11.6 Å². The van der Waals surface area contributed by atoms with E-state index in [0.717, 1.165) is 37.8 Å². The van der Waals surface area contributed by atoms with Crippen LogP contribution in [0.25, 0.3) is 11.3 Å². The molecule has 1 amide bonds. The topological polar surface area (TPSA) is 80.3 Å². The van der Waals surface area contributed by atoms with E-state index in [-0.39, 0.29) is 27.7 Å². The first kappa shape index (κ1) is 22.3. The van der Waals surface area contributed by atoms with Gasteiger partial charge in [0.25, 0.3) is 5.91 Å². The maximum atomic E-state index is 12.8. The monoisotopic (exact) mass is 443 g/mol. The normalized spacial score (nSPS) is 19.1. The Kier molecular flexibility index (Phi) is 7.12. The van der Waals surface area contributed by atoms with Crippen molar-refractivity contribution in [3.8, 4) is 17.0 Å². The molecule has 164 valence electrons. The number of hydrogen-bond acceptors (Lipinski definition) is 4. The van der Waals surface area contributed by atoms with Crippen LogP contribution in [0, 0.1) is 11.8 Å². The van der Waals surface area contributed by atoms with E-state index in [1.54, 1.807) is 6.92 Å². The van der Waals surface area contributed by atoms with Gasteiger partial charge < -0.3 is 10.1 Å². The summed E-state index contributed by atoms with van der Waals surface area (Å²) < 4.78 is 32.3. The Balaban J connectivity index is 1.86. The molecule has 0 aliphatic heterocycles. The van der Waals surface area contributed by atoms with Gasteiger partial charge in [-0.15, -0.1) is 0 Å². The van der Waals surface area contributed by atoms with Crippen LogP contribution in [0.2, 0.25) is 5.02 Å². The second-order valence-corrected chi connectivity index (χ2v) is 8.02. The van der Waals surface area contributed by atoms with E-state index in [1.807, 2.05) is 0 Å². The van der Waals surface area contributed by atoms with Gasteiger partial charge in [0.05, 0.1) is 16.8 Å². The third-order valence-corrected chi connectivity index (χ3v) is 5.83. The van der Waals surface area contributed by atoms with Crippen LogP contribution in [0.1, 0.15) is 50.0 Å². The fourth-order valence-electron chi connectivity index (χ4n) is 3.77. The molecule has 0 aromatic carbocycles. The van der Waals surface area contributed by atoms with Gasteiger partial charge in [0.2, 0.25) is 12.4 Å². The molecule has 7 nitrogen and oxygen atoms in total. The molecule has 2 N–H and O–H groups in total. The molecule has 1 fully saturated rings. The molecule has 0 unspecified atom stereocenters. The lowest BCUT2D eigenvalue weighted by atomic mass is 9.83. The molecule has 3 rings (SSSR count). The highest BCUT2D eigenvalue weighted by Gasteiger charge is 2.28. The number of amides is 1. The van der Waals surface area contributed by atoms with E-state index in [9.17, 15) is 18.8 Å². The van der Waals surface area contributed by atoms with Gasteiger partial charge >= 0.3 is 6.61 Å². The summed E-state index contributed by atoms with van der Waals surface area (Å²) in [5.74, 6) is 0.537. The van der Waals surface area contributed by atoms with Crippen LogP contribution in [-0.4, -0.2) is 34.1 Å². The highest BCUT2D eigenvalue weighted by Crippen LogP contribution is 2.36. The molecule has 1 aliphatic rings. The molecule has 0 radical (unpaired) electrons. The van der Waals surface area contributed by atoms with E-state index in [2.05, 4.69) is 22.1 Å². The van der Waals surface area contributed by atoms with Crippen LogP contribution >= 0.6 is 11.6 Å². The van der Waals surface area contributed by atoms with Crippen LogP contribution in [0.4, 0.5) is 8.78 Å². The lowest BCUT2D eigenvalue weighted by Crippen LogP contribution is -2.31. The summed E-state index contributed by atoms with van der Waals surface area (Å²) in [4.78, 5) is 12.7. The molecule has 0 bridgehead atoms. The number of aromatic nitrogens is 3. The van der Waals surface area contributed by atoms with Crippen LogP contribution in [0.5, 0.6) is 5.75 Å². The molecule has 2 aromatic rings. The van der Waals surface area contributed by atoms with Crippen LogP contribution < -0.4 is 14.8 Å². The Morgan fingerprint density at radius 1 is 1.43 bits per heavy atom. The van der Waals surface area contributed by atoms with Crippen molar-refractivity contribution in [1.29, 1.82) is 0 Å². The van der Waals surface area contributed by atoms with Crippen molar-refractivity contribution < 1.29 is 28.2 Å². The third-order valence-electron chi connectivity index (χ3n) is 5.47. The number of alkyl halides is 2. The summed E-state index contributed by atoms with van der Waals surface area (Å²) in [5, 5.41) is 16.9. The van der Waals surface area contributed by atoms with Gasteiger partial charge in [-0.05, 0) is 31.6 Å². The molecule has 0 saturated heterocycles. The molecule has 0 atom stereocenters. The highest BCUT2D eigenvalue weighted by molar-refractivity contribution is 6.36. The van der Waals surface area contributed by atoms with Gasteiger partial charge in [0.1, 0.15) is 11.3 Å². The number of carbonyl (C=O) groups is 1. The second-order valence-electron chi connectivity index (χ2n) is 7.64. The zero-order chi connectivity index (χ0) is 21.8. The van der Waals surface area contributed by atoms with E-state index in [1.165, 1.54) is 16.9 Å². The van der Waals surface area contributed by atoms with Crippen molar-refractivity contribution in [3.63, 3.8) is 0 Å². The molecule has 2 aromatic heterocycles. The number of halogens is 3. The number of ether oxygens (including phenoxy) is 1. The van der Waals surface area contributed by atoms with Crippen molar-refractivity contribution in [2.45, 2.75) is 52.7 Å². The Morgan fingerprint density at radius 2 is 2.13 bits per heavy atom. The average molecular weight is 444 g/mol. The van der Waals surface area contributed by atoms with Crippen molar-refractivity contribution >= 4 is 17.5 Å². The molecule has 10 heteroatoms. The summed E-state index contributed by atoms with van der Waals surface area (Å²) in [5.41, 5.74) is 0.323. The maximum absolute atomic E-state index is 12.8. The van der Waals surface area contributed by atoms with Crippen molar-refractivity contribution in [1.82, 2.24) is 15.1 Å². The summed E-state index contributed by atoms with van der Waals surface area (Å²) >= 11 is 6.46. The van der Waals surface area contributed by atoms with Crippen LogP contribution in [-0.2, 0) is 6.54 Å². The van der Waals surface area contributed by atoms with Crippen LogP contribution in [0.15, 0.2) is 18.5 Å². The molecular weight excluding hydrogens is 418 g/mol. The lowest BCUT2D eigenvalue weighted by Gasteiger charge is -2.26. The smallest absolute Gasteiger partial charge is 0.387 e. The molecule has 2 heterocycles. The van der Waals surface area contributed by atoms with E-state index in [0.29, 0.717) is 23.7 Å². The van der Waals surface area contributed by atoms with Crippen molar-refractivity contribution in [2.75, 3.05) is 6.54 Å². The Bertz CT molecular complexity index is 898. The number of pyridine rings is 1. The van der Waals surface area contributed by atoms with Gasteiger partial charge in [0.15, 0.2) is 5.69 Å².